The molecule has 0 radical (unpaired) electrons. The standard InChI is InChI=1S/C12H13N3O4S/c1-6-5-8(12(17)18)11(20-6)14-9(16)3-4-10-13-7(2)15-19-10/h5H,3-4H2,1-2H3,(H,14,16)(H,17,18). The van der Waals surface area contributed by atoms with Gasteiger partial charge in [0.1, 0.15) is 5.00 Å². The van der Waals surface area contributed by atoms with Gasteiger partial charge in [-0.3, -0.25) is 4.79 Å². The molecule has 0 saturated heterocycles. The van der Waals surface area contributed by atoms with Crippen molar-refractivity contribution in [1.29, 1.82) is 0 Å². The van der Waals surface area contributed by atoms with Gasteiger partial charge in [0.15, 0.2) is 5.82 Å². The number of carboxylic acid groups (broad SMARTS) is 1. The first kappa shape index (κ1) is 14.2. The van der Waals surface area contributed by atoms with Crippen LogP contribution in [-0.4, -0.2) is 27.1 Å². The fourth-order valence-electron chi connectivity index (χ4n) is 1.62. The minimum Gasteiger partial charge on any atom is -0.478 e. The topological polar surface area (TPSA) is 105 Å². The summed E-state index contributed by atoms with van der Waals surface area (Å²) in [6.45, 7) is 3.48. The Hall–Kier alpha value is -2.22. The second-order valence-electron chi connectivity index (χ2n) is 4.19. The number of anilines is 1. The molecule has 0 aromatic carbocycles. The summed E-state index contributed by atoms with van der Waals surface area (Å²) in [5.74, 6) is -0.441. The molecule has 0 atom stereocenters. The minimum absolute atomic E-state index is 0.106. The van der Waals surface area contributed by atoms with Crippen LogP contribution in [0.4, 0.5) is 5.00 Å². The number of amides is 1. The van der Waals surface area contributed by atoms with E-state index in [0.717, 1.165) is 4.88 Å². The largest absolute Gasteiger partial charge is 0.478 e. The van der Waals surface area contributed by atoms with E-state index >= 15 is 0 Å². The van der Waals surface area contributed by atoms with E-state index in [4.69, 9.17) is 9.63 Å². The van der Waals surface area contributed by atoms with Gasteiger partial charge in [0.05, 0.1) is 5.56 Å². The van der Waals surface area contributed by atoms with Crippen LogP contribution in [0.2, 0.25) is 0 Å². The van der Waals surface area contributed by atoms with Gasteiger partial charge in [-0.25, -0.2) is 4.79 Å². The number of carboxylic acids is 1. The van der Waals surface area contributed by atoms with Crippen molar-refractivity contribution >= 4 is 28.2 Å². The molecule has 0 fully saturated rings. The first-order valence-electron chi connectivity index (χ1n) is 5.88. The van der Waals surface area contributed by atoms with E-state index in [0.29, 0.717) is 23.1 Å². The van der Waals surface area contributed by atoms with Crippen molar-refractivity contribution in [3.8, 4) is 0 Å². The number of nitrogens with zero attached hydrogens (tertiary/aromatic N) is 2. The Morgan fingerprint density at radius 1 is 1.45 bits per heavy atom. The number of aromatic carboxylic acids is 1. The number of nitrogens with one attached hydrogen (secondary N) is 1. The fraction of sp³-hybridized carbons (Fsp3) is 0.333. The van der Waals surface area contributed by atoms with Crippen LogP contribution in [0.5, 0.6) is 0 Å². The highest BCUT2D eigenvalue weighted by molar-refractivity contribution is 7.16. The number of carbonyl (C=O) groups excluding carboxylic acids is 1. The zero-order chi connectivity index (χ0) is 14.7. The lowest BCUT2D eigenvalue weighted by molar-refractivity contribution is -0.116. The normalized spacial score (nSPS) is 10.5. The van der Waals surface area contributed by atoms with Gasteiger partial charge in [0.2, 0.25) is 11.8 Å². The smallest absolute Gasteiger partial charge is 0.338 e. The van der Waals surface area contributed by atoms with Crippen molar-refractivity contribution in [2.75, 3.05) is 5.32 Å². The van der Waals surface area contributed by atoms with Gasteiger partial charge in [0.25, 0.3) is 0 Å². The van der Waals surface area contributed by atoms with Gasteiger partial charge < -0.3 is 14.9 Å². The van der Waals surface area contributed by atoms with E-state index in [1.54, 1.807) is 13.8 Å². The lowest BCUT2D eigenvalue weighted by Crippen LogP contribution is -2.13. The molecule has 2 aromatic rings. The lowest BCUT2D eigenvalue weighted by Gasteiger charge is -2.02. The molecular weight excluding hydrogens is 282 g/mol. The summed E-state index contributed by atoms with van der Waals surface area (Å²) in [5, 5.41) is 15.6. The van der Waals surface area contributed by atoms with Crippen molar-refractivity contribution in [2.45, 2.75) is 26.7 Å². The first-order valence-corrected chi connectivity index (χ1v) is 6.70. The second-order valence-corrected chi connectivity index (χ2v) is 5.44. The van der Waals surface area contributed by atoms with Crippen LogP contribution in [0, 0.1) is 13.8 Å². The lowest BCUT2D eigenvalue weighted by atomic mass is 10.2. The molecule has 2 heterocycles. The Kier molecular flexibility index (Phi) is 4.14. The Morgan fingerprint density at radius 3 is 2.80 bits per heavy atom. The Balaban J connectivity index is 1.96. The van der Waals surface area contributed by atoms with Crippen molar-refractivity contribution in [2.24, 2.45) is 0 Å². The minimum atomic E-state index is -1.06. The predicted octanol–water partition coefficient (Wildman–Crippen LogP) is 2.02. The molecule has 0 bridgehead atoms. The highest BCUT2D eigenvalue weighted by Crippen LogP contribution is 2.27. The van der Waals surface area contributed by atoms with E-state index in [-0.39, 0.29) is 17.9 Å². The van der Waals surface area contributed by atoms with E-state index in [1.807, 2.05) is 0 Å². The van der Waals surface area contributed by atoms with Crippen molar-refractivity contribution in [3.63, 3.8) is 0 Å². The summed E-state index contributed by atoms with van der Waals surface area (Å²) in [4.78, 5) is 27.6. The summed E-state index contributed by atoms with van der Waals surface area (Å²) >= 11 is 1.23. The second kappa shape index (κ2) is 5.83. The molecule has 8 heteroatoms. The average Bonchev–Trinajstić information content (AvgIpc) is 2.93. The summed E-state index contributed by atoms with van der Waals surface area (Å²) in [5.41, 5.74) is 0.106. The number of thiophene rings is 1. The number of rotatable bonds is 5. The Labute approximate surface area is 118 Å². The van der Waals surface area contributed by atoms with Crippen molar-refractivity contribution < 1.29 is 19.2 Å². The number of aromatic nitrogens is 2. The molecule has 0 spiro atoms. The van der Waals surface area contributed by atoms with E-state index in [9.17, 15) is 9.59 Å². The molecule has 0 unspecified atom stereocenters. The summed E-state index contributed by atoms with van der Waals surface area (Å²) < 4.78 is 4.90. The van der Waals surface area contributed by atoms with E-state index < -0.39 is 5.97 Å². The maximum Gasteiger partial charge on any atom is 0.338 e. The predicted molar refractivity (Wildman–Crippen MR) is 72.0 cm³/mol. The van der Waals surface area contributed by atoms with Gasteiger partial charge in [-0.1, -0.05) is 5.16 Å². The molecule has 106 valence electrons. The average molecular weight is 295 g/mol. The highest BCUT2D eigenvalue weighted by atomic mass is 32.1. The van der Waals surface area contributed by atoms with Gasteiger partial charge >= 0.3 is 5.97 Å². The number of hydrogen-bond acceptors (Lipinski definition) is 6. The molecule has 2 aromatic heterocycles. The molecule has 0 aliphatic carbocycles. The summed E-state index contributed by atoms with van der Waals surface area (Å²) in [7, 11) is 0. The van der Waals surface area contributed by atoms with Gasteiger partial charge in [-0.2, -0.15) is 4.98 Å². The fourth-order valence-corrected chi connectivity index (χ4v) is 2.54. The van der Waals surface area contributed by atoms with E-state index in [2.05, 4.69) is 15.5 Å². The summed E-state index contributed by atoms with van der Waals surface area (Å²) in [6, 6.07) is 1.53. The molecule has 20 heavy (non-hydrogen) atoms. The maximum absolute atomic E-state index is 11.8. The van der Waals surface area contributed by atoms with Crippen LogP contribution in [0.15, 0.2) is 10.6 Å². The molecule has 2 rings (SSSR count). The van der Waals surface area contributed by atoms with Crippen LogP contribution in [-0.2, 0) is 11.2 Å². The Morgan fingerprint density at radius 2 is 2.20 bits per heavy atom. The third-order valence-corrected chi connectivity index (χ3v) is 3.44. The quantitative estimate of drug-likeness (QED) is 0.874. The third-order valence-electron chi connectivity index (χ3n) is 2.47. The van der Waals surface area contributed by atoms with Crippen LogP contribution in [0.25, 0.3) is 0 Å². The van der Waals surface area contributed by atoms with E-state index in [1.165, 1.54) is 17.4 Å². The van der Waals surface area contributed by atoms with Crippen LogP contribution in [0.1, 0.15) is 33.4 Å². The van der Waals surface area contributed by atoms with Crippen LogP contribution >= 0.6 is 11.3 Å². The molecule has 0 saturated carbocycles. The zero-order valence-electron chi connectivity index (χ0n) is 11.0. The number of aryl methyl sites for hydroxylation is 3. The van der Waals surface area contributed by atoms with Gasteiger partial charge in [0, 0.05) is 17.7 Å². The molecule has 2 N–H and O–H groups in total. The monoisotopic (exact) mass is 295 g/mol. The molecule has 7 nitrogen and oxygen atoms in total. The van der Waals surface area contributed by atoms with Crippen molar-refractivity contribution in [1.82, 2.24) is 10.1 Å². The molecular formula is C12H13N3O4S. The zero-order valence-corrected chi connectivity index (χ0v) is 11.8. The SMILES string of the molecule is Cc1noc(CCC(=O)Nc2sc(C)cc2C(=O)O)n1. The molecule has 1 amide bonds. The maximum atomic E-state index is 11.8. The summed E-state index contributed by atoms with van der Waals surface area (Å²) in [6.07, 6.45) is 0.469. The number of hydrogen-bond donors (Lipinski definition) is 2. The first-order chi connectivity index (χ1) is 9.45. The highest BCUT2D eigenvalue weighted by Gasteiger charge is 2.16. The number of carbonyl (C=O) groups is 2. The van der Waals surface area contributed by atoms with Crippen molar-refractivity contribution in [3.05, 3.63) is 28.2 Å². The van der Waals surface area contributed by atoms with Gasteiger partial charge in [-0.05, 0) is 19.9 Å². The molecule has 0 aliphatic heterocycles. The Bertz CT molecular complexity index is 647. The molecule has 0 aliphatic rings. The van der Waals surface area contributed by atoms with Crippen LogP contribution in [0.3, 0.4) is 0 Å². The van der Waals surface area contributed by atoms with Gasteiger partial charge in [-0.15, -0.1) is 11.3 Å². The third kappa shape index (κ3) is 3.41. The van der Waals surface area contributed by atoms with Crippen LogP contribution < -0.4 is 5.32 Å².